The molecule has 1 saturated heterocycles. The summed E-state index contributed by atoms with van der Waals surface area (Å²) in [5.74, 6) is 0.247. The monoisotopic (exact) mass is 248 g/mol. The molecule has 1 aliphatic heterocycles. The Balaban J connectivity index is 1.91. The van der Waals surface area contributed by atoms with Crippen LogP contribution in [0.5, 0.6) is 0 Å². The largest absolute Gasteiger partial charge is 0.379 e. The predicted octanol–water partition coefficient (Wildman–Crippen LogP) is 1.21. The number of pyridine rings is 1. The fourth-order valence-electron chi connectivity index (χ4n) is 2.24. The Morgan fingerprint density at radius 3 is 2.94 bits per heavy atom. The second kappa shape index (κ2) is 6.61. The number of ketones is 1. The van der Waals surface area contributed by atoms with E-state index in [1.54, 1.807) is 12.4 Å². The molecule has 1 aromatic heterocycles. The zero-order chi connectivity index (χ0) is 12.8. The number of carbonyl (C=O) groups is 1. The molecule has 98 valence electrons. The average Bonchev–Trinajstić information content (AvgIpc) is 2.86. The summed E-state index contributed by atoms with van der Waals surface area (Å²) in [6, 6.07) is 3.96. The number of Topliss-reactive ketones (excluding diaryl/α,β-unsaturated/α-hetero) is 1. The highest BCUT2D eigenvalue weighted by atomic mass is 16.5. The lowest BCUT2D eigenvalue weighted by atomic mass is 9.94. The number of nitrogens with one attached hydrogen (secondary N) is 1. The summed E-state index contributed by atoms with van der Waals surface area (Å²) in [6.07, 6.45) is 4.99. The first-order valence-electron chi connectivity index (χ1n) is 6.54. The van der Waals surface area contributed by atoms with Crippen LogP contribution in [0.4, 0.5) is 0 Å². The van der Waals surface area contributed by atoms with Crippen LogP contribution in [0.3, 0.4) is 0 Å². The van der Waals surface area contributed by atoms with Crippen molar-refractivity contribution in [1.82, 2.24) is 10.3 Å². The van der Waals surface area contributed by atoms with Gasteiger partial charge >= 0.3 is 0 Å². The van der Waals surface area contributed by atoms with Gasteiger partial charge in [0.15, 0.2) is 0 Å². The van der Waals surface area contributed by atoms with Crippen molar-refractivity contribution in [1.29, 1.82) is 0 Å². The van der Waals surface area contributed by atoms with Crippen molar-refractivity contribution in [2.75, 3.05) is 19.8 Å². The zero-order valence-corrected chi connectivity index (χ0v) is 10.8. The average molecular weight is 248 g/mol. The third-order valence-electron chi connectivity index (χ3n) is 3.28. The molecule has 1 N–H and O–H groups in total. The number of aromatic nitrogens is 1. The van der Waals surface area contributed by atoms with Crippen molar-refractivity contribution in [2.24, 2.45) is 5.92 Å². The quantitative estimate of drug-likeness (QED) is 0.822. The van der Waals surface area contributed by atoms with E-state index in [0.717, 1.165) is 18.5 Å². The summed E-state index contributed by atoms with van der Waals surface area (Å²) in [4.78, 5) is 16.2. The summed E-state index contributed by atoms with van der Waals surface area (Å²) < 4.78 is 5.43. The molecule has 2 rings (SSSR count). The lowest BCUT2D eigenvalue weighted by molar-refractivity contribution is -0.122. The Morgan fingerprint density at radius 2 is 2.22 bits per heavy atom. The minimum atomic E-state index is -0.00952. The van der Waals surface area contributed by atoms with E-state index < -0.39 is 0 Å². The topological polar surface area (TPSA) is 51.2 Å². The van der Waals surface area contributed by atoms with E-state index in [0.29, 0.717) is 19.6 Å². The SMILES string of the molecule is CCCNC1COCC1C(=O)Cc1ccncc1. The van der Waals surface area contributed by atoms with Crippen LogP contribution in [0.15, 0.2) is 24.5 Å². The van der Waals surface area contributed by atoms with Crippen LogP contribution in [0.2, 0.25) is 0 Å². The molecule has 0 radical (unpaired) electrons. The second-order valence-electron chi connectivity index (χ2n) is 4.70. The lowest BCUT2D eigenvalue weighted by Gasteiger charge is -2.17. The lowest BCUT2D eigenvalue weighted by Crippen LogP contribution is -2.40. The van der Waals surface area contributed by atoms with Gasteiger partial charge in [-0.2, -0.15) is 0 Å². The predicted molar refractivity (Wildman–Crippen MR) is 69.3 cm³/mol. The summed E-state index contributed by atoms with van der Waals surface area (Å²) in [7, 11) is 0. The van der Waals surface area contributed by atoms with Gasteiger partial charge in [0.05, 0.1) is 19.1 Å². The van der Waals surface area contributed by atoms with Crippen LogP contribution >= 0.6 is 0 Å². The van der Waals surface area contributed by atoms with E-state index >= 15 is 0 Å². The molecule has 4 heteroatoms. The maximum Gasteiger partial charge on any atom is 0.144 e. The van der Waals surface area contributed by atoms with E-state index in [9.17, 15) is 4.79 Å². The number of ether oxygens (including phenoxy) is 1. The molecule has 0 spiro atoms. The molecular formula is C14H20N2O2. The molecule has 1 aromatic rings. The van der Waals surface area contributed by atoms with Gasteiger partial charge in [0, 0.05) is 24.9 Å². The first-order chi connectivity index (χ1) is 8.81. The van der Waals surface area contributed by atoms with Crippen molar-refractivity contribution in [3.05, 3.63) is 30.1 Å². The van der Waals surface area contributed by atoms with Crippen LogP contribution in [-0.4, -0.2) is 36.6 Å². The highest BCUT2D eigenvalue weighted by Crippen LogP contribution is 2.17. The molecule has 0 aliphatic carbocycles. The first-order valence-corrected chi connectivity index (χ1v) is 6.54. The maximum atomic E-state index is 12.2. The summed E-state index contributed by atoms with van der Waals surface area (Å²) in [6.45, 7) is 4.25. The van der Waals surface area contributed by atoms with Gasteiger partial charge in [-0.05, 0) is 30.7 Å². The van der Waals surface area contributed by atoms with E-state index in [-0.39, 0.29) is 17.7 Å². The van der Waals surface area contributed by atoms with Crippen LogP contribution in [-0.2, 0) is 16.0 Å². The zero-order valence-electron chi connectivity index (χ0n) is 10.8. The minimum Gasteiger partial charge on any atom is -0.379 e. The van der Waals surface area contributed by atoms with Crippen molar-refractivity contribution in [2.45, 2.75) is 25.8 Å². The van der Waals surface area contributed by atoms with Crippen molar-refractivity contribution >= 4 is 5.78 Å². The van der Waals surface area contributed by atoms with Gasteiger partial charge in [-0.1, -0.05) is 6.92 Å². The summed E-state index contributed by atoms with van der Waals surface area (Å²) >= 11 is 0. The molecule has 0 amide bonds. The van der Waals surface area contributed by atoms with Crippen LogP contribution in [0, 0.1) is 5.92 Å². The fourth-order valence-corrected chi connectivity index (χ4v) is 2.24. The number of carbonyl (C=O) groups excluding carboxylic acids is 1. The third-order valence-corrected chi connectivity index (χ3v) is 3.28. The Morgan fingerprint density at radius 1 is 1.44 bits per heavy atom. The highest BCUT2D eigenvalue weighted by Gasteiger charge is 2.32. The van der Waals surface area contributed by atoms with Gasteiger partial charge in [0.25, 0.3) is 0 Å². The van der Waals surface area contributed by atoms with Gasteiger partial charge in [0.1, 0.15) is 5.78 Å². The van der Waals surface area contributed by atoms with E-state index in [1.807, 2.05) is 12.1 Å². The van der Waals surface area contributed by atoms with Crippen molar-refractivity contribution in [3.8, 4) is 0 Å². The van der Waals surface area contributed by atoms with Crippen LogP contribution in [0.1, 0.15) is 18.9 Å². The third kappa shape index (κ3) is 3.37. The van der Waals surface area contributed by atoms with Gasteiger partial charge in [-0.15, -0.1) is 0 Å². The summed E-state index contributed by atoms with van der Waals surface area (Å²) in [5, 5.41) is 3.39. The van der Waals surface area contributed by atoms with Gasteiger partial charge in [0.2, 0.25) is 0 Å². The molecule has 1 aliphatic rings. The number of rotatable bonds is 6. The molecule has 0 aromatic carbocycles. The van der Waals surface area contributed by atoms with Gasteiger partial charge in [-0.25, -0.2) is 0 Å². The van der Waals surface area contributed by atoms with E-state index in [1.165, 1.54) is 0 Å². The molecule has 2 unspecified atom stereocenters. The maximum absolute atomic E-state index is 12.2. The van der Waals surface area contributed by atoms with E-state index in [2.05, 4.69) is 17.2 Å². The van der Waals surface area contributed by atoms with Gasteiger partial charge < -0.3 is 10.1 Å². The van der Waals surface area contributed by atoms with Gasteiger partial charge in [-0.3, -0.25) is 9.78 Å². The normalized spacial score (nSPS) is 23.2. The van der Waals surface area contributed by atoms with Crippen molar-refractivity contribution in [3.63, 3.8) is 0 Å². The molecule has 2 heterocycles. The van der Waals surface area contributed by atoms with E-state index in [4.69, 9.17) is 4.74 Å². The number of hydrogen-bond acceptors (Lipinski definition) is 4. The minimum absolute atomic E-state index is 0.00952. The Bertz CT molecular complexity index is 381. The summed E-state index contributed by atoms with van der Waals surface area (Å²) in [5.41, 5.74) is 1.02. The molecule has 18 heavy (non-hydrogen) atoms. The molecule has 2 atom stereocenters. The molecule has 0 bridgehead atoms. The Hall–Kier alpha value is -1.26. The Kier molecular flexibility index (Phi) is 4.84. The molecule has 1 fully saturated rings. The molecule has 4 nitrogen and oxygen atoms in total. The molecule has 0 saturated carbocycles. The molecular weight excluding hydrogens is 228 g/mol. The van der Waals surface area contributed by atoms with Crippen molar-refractivity contribution < 1.29 is 9.53 Å². The second-order valence-corrected chi connectivity index (χ2v) is 4.70. The number of hydrogen-bond donors (Lipinski definition) is 1. The van der Waals surface area contributed by atoms with Crippen LogP contribution < -0.4 is 5.32 Å². The highest BCUT2D eigenvalue weighted by molar-refractivity contribution is 5.84. The standard InChI is InChI=1S/C14H20N2O2/c1-2-5-16-13-10-18-9-12(13)14(17)8-11-3-6-15-7-4-11/h3-4,6-7,12-13,16H,2,5,8-10H2,1H3. The Labute approximate surface area is 108 Å². The number of nitrogens with zero attached hydrogens (tertiary/aromatic N) is 1. The smallest absolute Gasteiger partial charge is 0.144 e. The van der Waals surface area contributed by atoms with Crippen LogP contribution in [0.25, 0.3) is 0 Å². The fraction of sp³-hybridized carbons (Fsp3) is 0.571. The first kappa shape index (κ1) is 13.2.